The van der Waals surface area contributed by atoms with Crippen LogP contribution in [0.2, 0.25) is 0 Å². The van der Waals surface area contributed by atoms with E-state index in [0.29, 0.717) is 18.2 Å². The van der Waals surface area contributed by atoms with Crippen LogP contribution in [0, 0.1) is 0 Å². The quantitative estimate of drug-likeness (QED) is 0.518. The van der Waals surface area contributed by atoms with Crippen LogP contribution in [0.3, 0.4) is 0 Å². The van der Waals surface area contributed by atoms with Crippen molar-refractivity contribution in [1.82, 2.24) is 15.1 Å². The maximum atomic E-state index is 11.0. The number of rotatable bonds is 6. The largest absolute Gasteiger partial charge is 0.299 e. The minimum absolute atomic E-state index is 0.143. The molecule has 0 aliphatic rings. The summed E-state index contributed by atoms with van der Waals surface area (Å²) in [6.07, 6.45) is 1.22. The number of nitrogens with zero attached hydrogens (tertiary/aromatic N) is 3. The minimum Gasteiger partial charge on any atom is -0.299 e. The summed E-state index contributed by atoms with van der Waals surface area (Å²) >= 11 is 1.35. The number of hydrogen-bond donors (Lipinski definition) is 2. The lowest BCUT2D eigenvalue weighted by atomic mass is 10.5. The monoisotopic (exact) mass is 265 g/mol. The molecule has 7 nitrogen and oxygen atoms in total. The van der Waals surface area contributed by atoms with E-state index in [2.05, 4.69) is 15.6 Å². The predicted molar refractivity (Wildman–Crippen MR) is 63.8 cm³/mol. The van der Waals surface area contributed by atoms with Crippen molar-refractivity contribution < 1.29 is 8.42 Å². The van der Waals surface area contributed by atoms with E-state index in [4.69, 9.17) is 5.84 Å². The number of anilines is 1. The van der Waals surface area contributed by atoms with Crippen molar-refractivity contribution in [3.05, 3.63) is 5.01 Å². The molecule has 0 aromatic carbocycles. The molecule has 0 unspecified atom stereocenters. The van der Waals surface area contributed by atoms with Crippen molar-refractivity contribution in [3.63, 3.8) is 0 Å². The Morgan fingerprint density at radius 2 is 2.19 bits per heavy atom. The Labute approximate surface area is 98.5 Å². The average molecular weight is 265 g/mol. The third-order valence-corrected chi connectivity index (χ3v) is 3.60. The summed E-state index contributed by atoms with van der Waals surface area (Å²) in [5.41, 5.74) is 2.41. The van der Waals surface area contributed by atoms with Crippen LogP contribution in [-0.4, -0.2) is 49.1 Å². The zero-order chi connectivity index (χ0) is 12.2. The number of nitrogens with one attached hydrogen (secondary N) is 1. The lowest BCUT2D eigenvalue weighted by Gasteiger charge is -2.13. The molecule has 0 saturated heterocycles. The minimum atomic E-state index is -2.92. The zero-order valence-electron chi connectivity index (χ0n) is 9.17. The van der Waals surface area contributed by atoms with E-state index >= 15 is 0 Å². The number of sulfone groups is 1. The summed E-state index contributed by atoms with van der Waals surface area (Å²) in [5, 5.41) is 9.03. The van der Waals surface area contributed by atoms with Crippen LogP contribution < -0.4 is 11.3 Å². The molecule has 9 heteroatoms. The fraction of sp³-hybridized carbons (Fsp3) is 0.714. The van der Waals surface area contributed by atoms with Crippen molar-refractivity contribution in [2.45, 2.75) is 6.54 Å². The van der Waals surface area contributed by atoms with Gasteiger partial charge < -0.3 is 0 Å². The van der Waals surface area contributed by atoms with Crippen molar-refractivity contribution in [1.29, 1.82) is 0 Å². The van der Waals surface area contributed by atoms with Crippen LogP contribution in [0.5, 0.6) is 0 Å². The second-order valence-electron chi connectivity index (χ2n) is 3.51. The number of aromatic nitrogens is 2. The summed E-state index contributed by atoms with van der Waals surface area (Å²) in [6, 6.07) is 0. The van der Waals surface area contributed by atoms with E-state index in [1.54, 1.807) is 0 Å². The second-order valence-corrected chi connectivity index (χ2v) is 6.83. The van der Waals surface area contributed by atoms with Crippen molar-refractivity contribution >= 4 is 26.3 Å². The molecule has 1 heterocycles. The van der Waals surface area contributed by atoms with Gasteiger partial charge in [0.2, 0.25) is 5.13 Å². The van der Waals surface area contributed by atoms with E-state index in [1.807, 2.05) is 11.9 Å². The van der Waals surface area contributed by atoms with Gasteiger partial charge in [0.05, 0.1) is 12.3 Å². The van der Waals surface area contributed by atoms with Gasteiger partial charge in [0.15, 0.2) is 0 Å². The number of hydrazine groups is 1. The summed E-state index contributed by atoms with van der Waals surface area (Å²) < 4.78 is 21.9. The first kappa shape index (κ1) is 13.3. The molecule has 0 aliphatic carbocycles. The normalized spacial score (nSPS) is 12.0. The highest BCUT2D eigenvalue weighted by Gasteiger charge is 2.09. The van der Waals surface area contributed by atoms with Gasteiger partial charge in [0, 0.05) is 12.8 Å². The molecule has 0 saturated carbocycles. The van der Waals surface area contributed by atoms with E-state index in [1.165, 1.54) is 17.6 Å². The van der Waals surface area contributed by atoms with Gasteiger partial charge >= 0.3 is 0 Å². The number of nitrogens with two attached hydrogens (primary N) is 1. The molecule has 0 bridgehead atoms. The molecular formula is C7H15N5O2S2. The van der Waals surface area contributed by atoms with Gasteiger partial charge in [-0.3, -0.25) is 10.3 Å². The molecule has 1 rings (SSSR count). The maximum Gasteiger partial charge on any atom is 0.219 e. The molecular weight excluding hydrogens is 250 g/mol. The Balaban J connectivity index is 2.42. The van der Waals surface area contributed by atoms with Gasteiger partial charge in [-0.15, -0.1) is 10.2 Å². The summed E-state index contributed by atoms with van der Waals surface area (Å²) in [7, 11) is -1.08. The van der Waals surface area contributed by atoms with E-state index in [9.17, 15) is 8.42 Å². The molecule has 0 amide bonds. The highest BCUT2D eigenvalue weighted by Crippen LogP contribution is 2.14. The first-order chi connectivity index (χ1) is 7.40. The smallest absolute Gasteiger partial charge is 0.219 e. The molecule has 1 aromatic rings. The standard InChI is InChI=1S/C7H15N5O2S2/c1-12(3-4-16(2,13)14)5-6-10-11-7(9-8)15-6/h3-5,8H2,1-2H3,(H,9,11). The van der Waals surface area contributed by atoms with Gasteiger partial charge in [-0.25, -0.2) is 14.3 Å². The van der Waals surface area contributed by atoms with E-state index in [0.717, 1.165) is 5.01 Å². The Morgan fingerprint density at radius 3 is 2.69 bits per heavy atom. The van der Waals surface area contributed by atoms with E-state index in [-0.39, 0.29) is 5.75 Å². The van der Waals surface area contributed by atoms with Crippen molar-refractivity contribution in [3.8, 4) is 0 Å². The maximum absolute atomic E-state index is 11.0. The molecule has 16 heavy (non-hydrogen) atoms. The lowest BCUT2D eigenvalue weighted by molar-refractivity contribution is 0.344. The van der Waals surface area contributed by atoms with Crippen LogP contribution in [0.25, 0.3) is 0 Å². The Kier molecular flexibility index (Phi) is 4.59. The zero-order valence-corrected chi connectivity index (χ0v) is 10.8. The fourth-order valence-corrected chi connectivity index (χ4v) is 2.38. The fourth-order valence-electron chi connectivity index (χ4n) is 1.01. The highest BCUT2D eigenvalue weighted by molar-refractivity contribution is 7.90. The van der Waals surface area contributed by atoms with Crippen LogP contribution >= 0.6 is 11.3 Å². The predicted octanol–water partition coefficient (Wildman–Crippen LogP) is -0.700. The summed E-state index contributed by atoms with van der Waals surface area (Å²) in [6.45, 7) is 1.04. The van der Waals surface area contributed by atoms with Gasteiger partial charge in [-0.2, -0.15) is 0 Å². The van der Waals surface area contributed by atoms with Gasteiger partial charge in [-0.05, 0) is 7.05 Å². The molecule has 0 spiro atoms. The van der Waals surface area contributed by atoms with Crippen LogP contribution in [0.15, 0.2) is 0 Å². The summed E-state index contributed by atoms with van der Waals surface area (Å²) in [4.78, 5) is 1.88. The summed E-state index contributed by atoms with van der Waals surface area (Å²) in [5.74, 6) is 5.32. The molecule has 0 fully saturated rings. The van der Waals surface area contributed by atoms with Crippen LogP contribution in [0.4, 0.5) is 5.13 Å². The van der Waals surface area contributed by atoms with Crippen LogP contribution in [0.1, 0.15) is 5.01 Å². The number of nitrogen functional groups attached to an aromatic ring is 1. The topological polar surface area (TPSA) is 101 Å². The van der Waals surface area contributed by atoms with Crippen LogP contribution in [-0.2, 0) is 16.4 Å². The lowest BCUT2D eigenvalue weighted by Crippen LogP contribution is -2.24. The molecule has 3 N–H and O–H groups in total. The average Bonchev–Trinajstić information content (AvgIpc) is 2.61. The molecule has 0 atom stereocenters. The molecule has 0 aliphatic heterocycles. The molecule has 1 aromatic heterocycles. The highest BCUT2D eigenvalue weighted by atomic mass is 32.2. The SMILES string of the molecule is CN(CCS(C)(=O)=O)Cc1nnc(NN)s1. The first-order valence-corrected chi connectivity index (χ1v) is 7.43. The Bertz CT molecular complexity index is 430. The van der Waals surface area contributed by atoms with Gasteiger partial charge in [0.1, 0.15) is 14.8 Å². The van der Waals surface area contributed by atoms with Gasteiger partial charge in [-0.1, -0.05) is 11.3 Å². The Morgan fingerprint density at radius 1 is 1.50 bits per heavy atom. The third kappa shape index (κ3) is 4.84. The number of hydrogen-bond acceptors (Lipinski definition) is 8. The third-order valence-electron chi connectivity index (χ3n) is 1.84. The van der Waals surface area contributed by atoms with E-state index < -0.39 is 9.84 Å². The molecule has 0 radical (unpaired) electrons. The van der Waals surface area contributed by atoms with Crippen molar-refractivity contribution in [2.75, 3.05) is 31.0 Å². The second kappa shape index (κ2) is 5.53. The van der Waals surface area contributed by atoms with Gasteiger partial charge in [0.25, 0.3) is 0 Å². The first-order valence-electron chi connectivity index (χ1n) is 4.56. The molecule has 92 valence electrons. The Hall–Kier alpha value is -0.770. The van der Waals surface area contributed by atoms with Crippen molar-refractivity contribution in [2.24, 2.45) is 5.84 Å².